The molecule has 2 aromatic carbocycles. The molecule has 1 atom stereocenters. The summed E-state index contributed by atoms with van der Waals surface area (Å²) in [6, 6.07) is 14.2. The number of para-hydroxylation sites is 1. The van der Waals surface area contributed by atoms with Gasteiger partial charge in [0.1, 0.15) is 5.75 Å². The summed E-state index contributed by atoms with van der Waals surface area (Å²) in [5.74, 6) is -0.877. The van der Waals surface area contributed by atoms with E-state index in [-0.39, 0.29) is 16.8 Å². The third kappa shape index (κ3) is 3.01. The molecule has 0 bridgehead atoms. The fraction of sp³-hybridized carbons (Fsp3) is 0.278. The summed E-state index contributed by atoms with van der Waals surface area (Å²) in [5.41, 5.74) is 2.89. The quantitative estimate of drug-likeness (QED) is 0.870. The van der Waals surface area contributed by atoms with Gasteiger partial charge in [0, 0.05) is 11.7 Å². The maximum atomic E-state index is 12.6. The highest BCUT2D eigenvalue weighted by atomic mass is 32.2. The molecule has 0 aliphatic carbocycles. The number of hydrogen-bond donors (Lipinski definition) is 0. The highest BCUT2D eigenvalue weighted by Crippen LogP contribution is 2.32. The molecule has 1 aliphatic rings. The van der Waals surface area contributed by atoms with Gasteiger partial charge in [0.05, 0.1) is 4.90 Å². The number of sulfone groups is 1. The van der Waals surface area contributed by atoms with Crippen LogP contribution < -0.4 is 4.90 Å². The van der Waals surface area contributed by atoms with Gasteiger partial charge in [-0.15, -0.1) is 0 Å². The standard InChI is InChI=1S/C18H19NO3S/c1-13-7-9-16(10-8-13)23(21,22)12-18(20)19-14(2)11-15-5-3-4-6-17(15)19/h3-10,14H,11-12H2,1-2H3. The number of anilines is 1. The van der Waals surface area contributed by atoms with Gasteiger partial charge < -0.3 is 4.90 Å². The van der Waals surface area contributed by atoms with E-state index in [0.29, 0.717) is 0 Å². The number of amides is 1. The molecule has 0 N–H and O–H groups in total. The van der Waals surface area contributed by atoms with Crippen molar-refractivity contribution < 1.29 is 13.2 Å². The smallest absolute Gasteiger partial charge is 0.242 e. The SMILES string of the molecule is Cc1ccc(S(=O)(=O)CC(=O)N2c3ccccc3CC2C)cc1. The average molecular weight is 329 g/mol. The Morgan fingerprint density at radius 1 is 1.13 bits per heavy atom. The minimum Gasteiger partial charge on any atom is -0.308 e. The molecule has 0 spiro atoms. The zero-order valence-corrected chi connectivity index (χ0v) is 14.0. The maximum absolute atomic E-state index is 12.6. The van der Waals surface area contributed by atoms with Gasteiger partial charge in [-0.25, -0.2) is 8.42 Å². The molecule has 1 unspecified atom stereocenters. The number of benzene rings is 2. The number of carbonyl (C=O) groups is 1. The van der Waals surface area contributed by atoms with Crippen LogP contribution in [0.5, 0.6) is 0 Å². The molecule has 1 aliphatic heterocycles. The molecule has 2 aromatic rings. The first-order chi connectivity index (χ1) is 10.9. The molecule has 5 heteroatoms. The average Bonchev–Trinajstić information content (AvgIpc) is 2.83. The van der Waals surface area contributed by atoms with Gasteiger partial charge in [-0.3, -0.25) is 4.79 Å². The predicted molar refractivity (Wildman–Crippen MR) is 90.3 cm³/mol. The van der Waals surface area contributed by atoms with Crippen molar-refractivity contribution in [2.24, 2.45) is 0 Å². The van der Waals surface area contributed by atoms with E-state index in [9.17, 15) is 13.2 Å². The number of rotatable bonds is 3. The molecule has 1 heterocycles. The summed E-state index contributed by atoms with van der Waals surface area (Å²) in [6.45, 7) is 3.83. The Hall–Kier alpha value is -2.14. The molecule has 4 nitrogen and oxygen atoms in total. The molecule has 0 fully saturated rings. The van der Waals surface area contributed by atoms with Crippen molar-refractivity contribution in [3.05, 3.63) is 59.7 Å². The summed E-state index contributed by atoms with van der Waals surface area (Å²) >= 11 is 0. The van der Waals surface area contributed by atoms with Crippen molar-refractivity contribution in [3.8, 4) is 0 Å². The molecular formula is C18H19NO3S. The van der Waals surface area contributed by atoms with Gasteiger partial charge in [0.2, 0.25) is 5.91 Å². The van der Waals surface area contributed by atoms with Gasteiger partial charge in [0.25, 0.3) is 0 Å². The number of fused-ring (bicyclic) bond motifs is 1. The van der Waals surface area contributed by atoms with Crippen molar-refractivity contribution in [1.82, 2.24) is 0 Å². The lowest BCUT2D eigenvalue weighted by Crippen LogP contribution is -2.39. The van der Waals surface area contributed by atoms with Crippen molar-refractivity contribution in [2.45, 2.75) is 31.2 Å². The summed E-state index contributed by atoms with van der Waals surface area (Å²) in [5, 5.41) is 0. The van der Waals surface area contributed by atoms with Crippen LogP contribution in [-0.2, 0) is 21.1 Å². The predicted octanol–water partition coefficient (Wildman–Crippen LogP) is 2.75. The zero-order chi connectivity index (χ0) is 16.6. The van der Waals surface area contributed by atoms with Gasteiger partial charge in [-0.2, -0.15) is 0 Å². The number of aryl methyl sites for hydroxylation is 1. The van der Waals surface area contributed by atoms with Crippen LogP contribution in [0.1, 0.15) is 18.1 Å². The molecule has 0 aromatic heterocycles. The molecule has 0 radical (unpaired) electrons. The first-order valence-corrected chi connectivity index (χ1v) is 9.23. The second kappa shape index (κ2) is 5.81. The summed E-state index contributed by atoms with van der Waals surface area (Å²) in [6.07, 6.45) is 0.756. The molecular weight excluding hydrogens is 310 g/mol. The monoisotopic (exact) mass is 329 g/mol. The van der Waals surface area contributed by atoms with Crippen LogP contribution in [0, 0.1) is 6.92 Å². The normalized spacial score (nSPS) is 17.1. The lowest BCUT2D eigenvalue weighted by Gasteiger charge is -2.22. The fourth-order valence-corrected chi connectivity index (χ4v) is 4.19. The Balaban J connectivity index is 1.86. The van der Waals surface area contributed by atoms with E-state index in [0.717, 1.165) is 23.2 Å². The molecule has 23 heavy (non-hydrogen) atoms. The first kappa shape index (κ1) is 15.7. The Morgan fingerprint density at radius 3 is 2.48 bits per heavy atom. The maximum Gasteiger partial charge on any atom is 0.242 e. The van der Waals surface area contributed by atoms with Gasteiger partial charge in [-0.05, 0) is 44.0 Å². The van der Waals surface area contributed by atoms with Crippen molar-refractivity contribution in [1.29, 1.82) is 0 Å². The van der Waals surface area contributed by atoms with E-state index >= 15 is 0 Å². The lowest BCUT2D eigenvalue weighted by atomic mass is 10.1. The minimum absolute atomic E-state index is 0.0203. The third-order valence-corrected chi connectivity index (χ3v) is 5.79. The van der Waals surface area contributed by atoms with Crippen LogP contribution in [0.15, 0.2) is 53.4 Å². The van der Waals surface area contributed by atoms with Gasteiger partial charge in [0.15, 0.2) is 9.84 Å². The van der Waals surface area contributed by atoms with Crippen LogP contribution in [0.3, 0.4) is 0 Å². The summed E-state index contributed by atoms with van der Waals surface area (Å²) in [4.78, 5) is 14.4. The van der Waals surface area contributed by atoms with Gasteiger partial charge in [-0.1, -0.05) is 35.9 Å². The van der Waals surface area contributed by atoms with Crippen LogP contribution in [0.25, 0.3) is 0 Å². The molecule has 0 saturated carbocycles. The zero-order valence-electron chi connectivity index (χ0n) is 13.2. The number of carbonyl (C=O) groups excluding carboxylic acids is 1. The second-order valence-electron chi connectivity index (χ2n) is 6.02. The first-order valence-electron chi connectivity index (χ1n) is 7.58. The number of nitrogens with zero attached hydrogens (tertiary/aromatic N) is 1. The van der Waals surface area contributed by atoms with Crippen LogP contribution in [0.2, 0.25) is 0 Å². The Labute approximate surface area is 136 Å². The molecule has 1 amide bonds. The van der Waals surface area contributed by atoms with E-state index in [2.05, 4.69) is 0 Å². The topological polar surface area (TPSA) is 54.5 Å². The Morgan fingerprint density at radius 2 is 1.78 bits per heavy atom. The highest BCUT2D eigenvalue weighted by molar-refractivity contribution is 7.92. The van der Waals surface area contributed by atoms with E-state index in [1.165, 1.54) is 0 Å². The van der Waals surface area contributed by atoms with Gasteiger partial charge >= 0.3 is 0 Å². The summed E-state index contributed by atoms with van der Waals surface area (Å²) in [7, 11) is -3.63. The van der Waals surface area contributed by atoms with Crippen molar-refractivity contribution in [2.75, 3.05) is 10.7 Å². The minimum atomic E-state index is -3.63. The van der Waals surface area contributed by atoms with Crippen LogP contribution in [0.4, 0.5) is 5.69 Å². The van der Waals surface area contributed by atoms with Crippen LogP contribution in [-0.4, -0.2) is 26.1 Å². The Bertz CT molecular complexity index is 841. The largest absolute Gasteiger partial charge is 0.308 e. The summed E-state index contributed by atoms with van der Waals surface area (Å²) < 4.78 is 25.0. The van der Waals surface area contributed by atoms with Crippen molar-refractivity contribution in [3.63, 3.8) is 0 Å². The van der Waals surface area contributed by atoms with E-state index in [1.54, 1.807) is 29.2 Å². The fourth-order valence-electron chi connectivity index (χ4n) is 3.01. The lowest BCUT2D eigenvalue weighted by molar-refractivity contribution is -0.116. The van der Waals surface area contributed by atoms with E-state index in [1.807, 2.05) is 38.1 Å². The third-order valence-electron chi connectivity index (χ3n) is 4.17. The van der Waals surface area contributed by atoms with E-state index < -0.39 is 15.6 Å². The van der Waals surface area contributed by atoms with Crippen molar-refractivity contribution >= 4 is 21.4 Å². The van der Waals surface area contributed by atoms with E-state index in [4.69, 9.17) is 0 Å². The number of hydrogen-bond acceptors (Lipinski definition) is 3. The second-order valence-corrected chi connectivity index (χ2v) is 8.01. The Kier molecular flexibility index (Phi) is 3.98. The molecule has 0 saturated heterocycles. The molecule has 120 valence electrons. The van der Waals surface area contributed by atoms with Crippen LogP contribution >= 0.6 is 0 Å². The highest BCUT2D eigenvalue weighted by Gasteiger charge is 2.33. The molecule has 3 rings (SSSR count).